The lowest BCUT2D eigenvalue weighted by molar-refractivity contribution is 0.396. The van der Waals surface area contributed by atoms with E-state index in [2.05, 4.69) is 32.0 Å². The highest BCUT2D eigenvalue weighted by Crippen LogP contribution is 2.37. The Morgan fingerprint density at radius 2 is 1.52 bits per heavy atom. The Bertz CT molecular complexity index is 790. The van der Waals surface area contributed by atoms with Crippen LogP contribution in [0.5, 0.6) is 0 Å². The molecule has 4 heteroatoms. The topological polar surface area (TPSA) is 37.4 Å². The molecule has 1 unspecified atom stereocenters. The molecule has 1 fully saturated rings. The van der Waals surface area contributed by atoms with Gasteiger partial charge >= 0.3 is 0 Å². The minimum Gasteiger partial charge on any atom is -0.207 e. The van der Waals surface area contributed by atoms with Gasteiger partial charge in [0.1, 0.15) is 0 Å². The molecule has 2 aromatic carbocycles. The van der Waals surface area contributed by atoms with Gasteiger partial charge in [0.2, 0.25) is 10.0 Å². The van der Waals surface area contributed by atoms with E-state index in [1.165, 1.54) is 11.1 Å². The Kier molecular flexibility index (Phi) is 4.30. The fourth-order valence-corrected chi connectivity index (χ4v) is 5.09. The Balaban J connectivity index is 1.99. The normalized spacial score (nSPS) is 19.2. The van der Waals surface area contributed by atoms with Crippen LogP contribution in [-0.4, -0.2) is 19.3 Å². The molecule has 0 saturated carbocycles. The van der Waals surface area contributed by atoms with E-state index in [-0.39, 0.29) is 6.04 Å². The average Bonchev–Trinajstić information content (AvgIpc) is 2.97. The van der Waals surface area contributed by atoms with Gasteiger partial charge in [-0.05, 0) is 51.3 Å². The molecule has 0 amide bonds. The zero-order valence-electron chi connectivity index (χ0n) is 13.9. The van der Waals surface area contributed by atoms with E-state index in [0.29, 0.717) is 11.4 Å². The monoisotopic (exact) mass is 329 g/mol. The van der Waals surface area contributed by atoms with Gasteiger partial charge < -0.3 is 0 Å². The van der Waals surface area contributed by atoms with Gasteiger partial charge in [0.25, 0.3) is 0 Å². The molecule has 0 N–H and O–H groups in total. The number of sulfonamides is 1. The summed E-state index contributed by atoms with van der Waals surface area (Å²) in [7, 11) is -3.45. The lowest BCUT2D eigenvalue weighted by Crippen LogP contribution is -2.30. The molecular formula is C19H23NO2S. The second kappa shape index (κ2) is 6.10. The summed E-state index contributed by atoms with van der Waals surface area (Å²) in [5.74, 6) is 0. The first kappa shape index (κ1) is 16.2. The van der Waals surface area contributed by atoms with E-state index in [1.54, 1.807) is 16.4 Å². The molecule has 2 aromatic rings. The van der Waals surface area contributed by atoms with Crippen molar-refractivity contribution in [1.82, 2.24) is 4.31 Å². The SMILES string of the molecule is Cc1ccc(S(=O)(=O)N2CCCC2c2cc(C)cc(C)c2)cc1. The molecule has 1 saturated heterocycles. The smallest absolute Gasteiger partial charge is 0.207 e. The molecule has 122 valence electrons. The van der Waals surface area contributed by atoms with Gasteiger partial charge in [0.05, 0.1) is 10.9 Å². The fourth-order valence-electron chi connectivity index (χ4n) is 3.41. The standard InChI is InChI=1S/C19H23NO2S/c1-14-6-8-18(9-7-14)23(21,22)20-10-4-5-19(20)17-12-15(2)11-16(3)13-17/h6-9,11-13,19H,4-5,10H2,1-3H3. The van der Waals surface area contributed by atoms with Crippen molar-refractivity contribution in [1.29, 1.82) is 0 Å². The van der Waals surface area contributed by atoms with Gasteiger partial charge in [-0.3, -0.25) is 0 Å². The maximum absolute atomic E-state index is 13.0. The van der Waals surface area contributed by atoms with Crippen LogP contribution in [0.15, 0.2) is 47.4 Å². The molecule has 3 rings (SSSR count). The predicted octanol–water partition coefficient (Wildman–Crippen LogP) is 4.14. The zero-order chi connectivity index (χ0) is 16.6. The Labute approximate surface area is 139 Å². The molecule has 0 aromatic heterocycles. The van der Waals surface area contributed by atoms with Gasteiger partial charge in [-0.2, -0.15) is 4.31 Å². The maximum atomic E-state index is 13.0. The van der Waals surface area contributed by atoms with Crippen molar-refractivity contribution < 1.29 is 8.42 Å². The van der Waals surface area contributed by atoms with E-state index >= 15 is 0 Å². The van der Waals surface area contributed by atoms with Crippen LogP contribution in [-0.2, 0) is 10.0 Å². The molecule has 1 aliphatic rings. The third-order valence-electron chi connectivity index (χ3n) is 4.46. The van der Waals surface area contributed by atoms with Crippen LogP contribution in [0.2, 0.25) is 0 Å². The summed E-state index contributed by atoms with van der Waals surface area (Å²) in [4.78, 5) is 0.388. The Hall–Kier alpha value is -1.65. The first-order valence-electron chi connectivity index (χ1n) is 8.04. The molecular weight excluding hydrogens is 306 g/mol. The van der Waals surface area contributed by atoms with Crippen molar-refractivity contribution in [3.63, 3.8) is 0 Å². The largest absolute Gasteiger partial charge is 0.243 e. The average molecular weight is 329 g/mol. The van der Waals surface area contributed by atoms with Crippen LogP contribution in [0.3, 0.4) is 0 Å². The number of hydrogen-bond donors (Lipinski definition) is 0. The van der Waals surface area contributed by atoms with Crippen molar-refractivity contribution >= 4 is 10.0 Å². The minimum absolute atomic E-state index is 0.0556. The summed E-state index contributed by atoms with van der Waals surface area (Å²) >= 11 is 0. The summed E-state index contributed by atoms with van der Waals surface area (Å²) < 4.78 is 27.7. The van der Waals surface area contributed by atoms with Gasteiger partial charge in [-0.15, -0.1) is 0 Å². The lowest BCUT2D eigenvalue weighted by atomic mass is 10.0. The molecule has 3 nitrogen and oxygen atoms in total. The lowest BCUT2D eigenvalue weighted by Gasteiger charge is -2.25. The summed E-state index contributed by atoms with van der Waals surface area (Å²) in [6, 6.07) is 13.4. The van der Waals surface area contributed by atoms with Gasteiger partial charge in [0.15, 0.2) is 0 Å². The number of aryl methyl sites for hydroxylation is 3. The Morgan fingerprint density at radius 3 is 2.13 bits per heavy atom. The number of nitrogens with zero attached hydrogens (tertiary/aromatic N) is 1. The van der Waals surface area contributed by atoms with Crippen LogP contribution >= 0.6 is 0 Å². The van der Waals surface area contributed by atoms with Crippen LogP contribution in [0.1, 0.15) is 41.1 Å². The molecule has 1 heterocycles. The number of rotatable bonds is 3. The van der Waals surface area contributed by atoms with Crippen molar-refractivity contribution in [2.24, 2.45) is 0 Å². The molecule has 0 bridgehead atoms. The van der Waals surface area contributed by atoms with Crippen LogP contribution in [0.25, 0.3) is 0 Å². The van der Waals surface area contributed by atoms with Crippen molar-refractivity contribution in [2.75, 3.05) is 6.54 Å². The molecule has 1 aliphatic heterocycles. The van der Waals surface area contributed by atoms with Crippen molar-refractivity contribution in [3.8, 4) is 0 Å². The minimum atomic E-state index is -3.45. The second-order valence-electron chi connectivity index (χ2n) is 6.51. The summed E-state index contributed by atoms with van der Waals surface area (Å²) in [5.41, 5.74) is 4.53. The fraction of sp³-hybridized carbons (Fsp3) is 0.368. The van der Waals surface area contributed by atoms with E-state index in [4.69, 9.17) is 0 Å². The van der Waals surface area contributed by atoms with Gasteiger partial charge in [-0.1, -0.05) is 47.0 Å². The zero-order valence-corrected chi connectivity index (χ0v) is 14.7. The maximum Gasteiger partial charge on any atom is 0.243 e. The molecule has 0 aliphatic carbocycles. The quantitative estimate of drug-likeness (QED) is 0.849. The highest BCUT2D eigenvalue weighted by atomic mass is 32.2. The van der Waals surface area contributed by atoms with Crippen molar-refractivity contribution in [3.05, 3.63) is 64.7 Å². The second-order valence-corrected chi connectivity index (χ2v) is 8.40. The summed E-state index contributed by atoms with van der Waals surface area (Å²) in [6.07, 6.45) is 1.79. The van der Waals surface area contributed by atoms with Crippen LogP contribution in [0.4, 0.5) is 0 Å². The predicted molar refractivity (Wildman–Crippen MR) is 93.0 cm³/mol. The highest BCUT2D eigenvalue weighted by Gasteiger charge is 2.36. The third kappa shape index (κ3) is 3.19. The van der Waals surface area contributed by atoms with Crippen LogP contribution in [0, 0.1) is 20.8 Å². The summed E-state index contributed by atoms with van der Waals surface area (Å²) in [6.45, 7) is 6.67. The highest BCUT2D eigenvalue weighted by molar-refractivity contribution is 7.89. The first-order valence-corrected chi connectivity index (χ1v) is 9.48. The number of hydrogen-bond acceptors (Lipinski definition) is 2. The van der Waals surface area contributed by atoms with E-state index in [9.17, 15) is 8.42 Å². The Morgan fingerprint density at radius 1 is 0.913 bits per heavy atom. The first-order chi connectivity index (χ1) is 10.9. The van der Waals surface area contributed by atoms with Gasteiger partial charge in [0, 0.05) is 6.54 Å². The molecule has 1 atom stereocenters. The molecule has 0 spiro atoms. The van der Waals surface area contributed by atoms with Gasteiger partial charge in [-0.25, -0.2) is 8.42 Å². The van der Waals surface area contributed by atoms with E-state index in [1.807, 2.05) is 19.1 Å². The van der Waals surface area contributed by atoms with Crippen LogP contribution < -0.4 is 0 Å². The number of benzene rings is 2. The third-order valence-corrected chi connectivity index (χ3v) is 6.38. The summed E-state index contributed by atoms with van der Waals surface area (Å²) in [5, 5.41) is 0. The molecule has 23 heavy (non-hydrogen) atoms. The van der Waals surface area contributed by atoms with E-state index in [0.717, 1.165) is 24.0 Å². The van der Waals surface area contributed by atoms with E-state index < -0.39 is 10.0 Å². The van der Waals surface area contributed by atoms with Crippen molar-refractivity contribution in [2.45, 2.75) is 44.6 Å². The molecule has 0 radical (unpaired) electrons.